The van der Waals surface area contributed by atoms with Crippen molar-refractivity contribution in [2.24, 2.45) is 5.92 Å². The first-order valence-corrected chi connectivity index (χ1v) is 6.74. The Balaban J connectivity index is 1.66. The van der Waals surface area contributed by atoms with Gasteiger partial charge in [-0.2, -0.15) is 5.10 Å². The number of nitrogens with one attached hydrogen (secondary N) is 2. The Bertz CT molecular complexity index is 575. The van der Waals surface area contributed by atoms with Crippen molar-refractivity contribution >= 4 is 11.6 Å². The molecule has 0 bridgehead atoms. The molecule has 0 saturated carbocycles. The Morgan fingerprint density at radius 3 is 3.20 bits per heavy atom. The molecule has 1 aliphatic heterocycles. The Hall–Kier alpha value is -2.21. The third-order valence-electron chi connectivity index (χ3n) is 3.44. The van der Waals surface area contributed by atoms with E-state index in [-0.39, 0.29) is 11.8 Å². The first-order valence-electron chi connectivity index (χ1n) is 6.74. The molecule has 1 aromatic carbocycles. The van der Waals surface area contributed by atoms with Crippen LogP contribution in [0.5, 0.6) is 0 Å². The van der Waals surface area contributed by atoms with Gasteiger partial charge in [0, 0.05) is 12.2 Å². The Labute approximate surface area is 117 Å². The zero-order chi connectivity index (χ0) is 13.8. The largest absolute Gasteiger partial charge is 0.326 e. The molecule has 20 heavy (non-hydrogen) atoms. The first kappa shape index (κ1) is 12.8. The summed E-state index contributed by atoms with van der Waals surface area (Å²) >= 11 is 0. The highest BCUT2D eigenvalue weighted by molar-refractivity contribution is 5.92. The molecule has 2 N–H and O–H groups in total. The fourth-order valence-electron chi connectivity index (χ4n) is 2.37. The number of hydrogen-bond donors (Lipinski definition) is 2. The molecule has 0 radical (unpaired) electrons. The number of amides is 1. The highest BCUT2D eigenvalue weighted by Gasteiger charge is 2.22. The molecule has 0 aliphatic carbocycles. The van der Waals surface area contributed by atoms with Crippen LogP contribution in [-0.2, 0) is 11.3 Å². The molecule has 1 atom stereocenters. The maximum absolute atomic E-state index is 12.1. The van der Waals surface area contributed by atoms with Crippen LogP contribution in [0.3, 0.4) is 0 Å². The highest BCUT2D eigenvalue weighted by atomic mass is 16.1. The lowest BCUT2D eigenvalue weighted by Gasteiger charge is -2.11. The van der Waals surface area contributed by atoms with E-state index < -0.39 is 0 Å². The molecule has 2 aromatic rings. The second-order valence-corrected chi connectivity index (χ2v) is 4.97. The van der Waals surface area contributed by atoms with Crippen LogP contribution in [0.25, 0.3) is 0 Å². The fraction of sp³-hybridized carbons (Fsp3) is 0.357. The molecule has 0 spiro atoms. The van der Waals surface area contributed by atoms with Gasteiger partial charge >= 0.3 is 0 Å². The highest BCUT2D eigenvalue weighted by Crippen LogP contribution is 2.15. The number of hydrogen-bond acceptors (Lipinski definition) is 4. The van der Waals surface area contributed by atoms with Crippen LogP contribution in [0.15, 0.2) is 36.9 Å². The minimum Gasteiger partial charge on any atom is -0.326 e. The molecular formula is C14H17N5O. The average molecular weight is 271 g/mol. The molecule has 104 valence electrons. The van der Waals surface area contributed by atoms with Crippen molar-refractivity contribution in [3.63, 3.8) is 0 Å². The van der Waals surface area contributed by atoms with Crippen molar-refractivity contribution in [1.29, 1.82) is 0 Å². The van der Waals surface area contributed by atoms with Gasteiger partial charge in [0.1, 0.15) is 12.7 Å². The molecule has 6 nitrogen and oxygen atoms in total. The predicted molar refractivity (Wildman–Crippen MR) is 75.2 cm³/mol. The van der Waals surface area contributed by atoms with E-state index in [0.29, 0.717) is 6.54 Å². The molecule has 1 fully saturated rings. The minimum absolute atomic E-state index is 0.0778. The third kappa shape index (κ3) is 3.03. The lowest BCUT2D eigenvalue weighted by atomic mass is 10.1. The van der Waals surface area contributed by atoms with Gasteiger partial charge in [0.25, 0.3) is 0 Å². The number of benzene rings is 1. The predicted octanol–water partition coefficient (Wildman–Crippen LogP) is 0.874. The minimum atomic E-state index is 0.0778. The summed E-state index contributed by atoms with van der Waals surface area (Å²) in [6.45, 7) is 2.34. The summed E-state index contributed by atoms with van der Waals surface area (Å²) < 4.78 is 1.75. The van der Waals surface area contributed by atoms with E-state index in [4.69, 9.17) is 0 Å². The Morgan fingerprint density at radius 1 is 1.50 bits per heavy atom. The fourth-order valence-corrected chi connectivity index (χ4v) is 2.37. The summed E-state index contributed by atoms with van der Waals surface area (Å²) in [6.07, 6.45) is 4.10. The van der Waals surface area contributed by atoms with Gasteiger partial charge in [0.15, 0.2) is 0 Å². The van der Waals surface area contributed by atoms with Gasteiger partial charge in [-0.3, -0.25) is 4.79 Å². The van der Waals surface area contributed by atoms with Crippen molar-refractivity contribution in [3.05, 3.63) is 42.5 Å². The topological polar surface area (TPSA) is 71.8 Å². The molecule has 1 aliphatic rings. The summed E-state index contributed by atoms with van der Waals surface area (Å²) in [5.41, 5.74) is 1.91. The number of carbonyl (C=O) groups is 1. The number of nitrogens with zero attached hydrogens (tertiary/aromatic N) is 3. The van der Waals surface area contributed by atoms with E-state index in [1.165, 1.54) is 6.33 Å². The molecule has 1 unspecified atom stereocenters. The zero-order valence-corrected chi connectivity index (χ0v) is 11.1. The van der Waals surface area contributed by atoms with E-state index in [0.717, 1.165) is 30.8 Å². The van der Waals surface area contributed by atoms with Gasteiger partial charge in [0.05, 0.1) is 12.5 Å². The molecule has 1 amide bonds. The summed E-state index contributed by atoms with van der Waals surface area (Å²) in [6, 6.07) is 7.83. The van der Waals surface area contributed by atoms with Crippen LogP contribution < -0.4 is 10.6 Å². The van der Waals surface area contributed by atoms with Gasteiger partial charge in [-0.15, -0.1) is 0 Å². The molecular weight excluding hydrogens is 254 g/mol. The normalized spacial score (nSPS) is 18.1. The van der Waals surface area contributed by atoms with Crippen LogP contribution in [0.1, 0.15) is 12.0 Å². The van der Waals surface area contributed by atoms with Crippen LogP contribution in [0.4, 0.5) is 5.69 Å². The summed E-state index contributed by atoms with van der Waals surface area (Å²) in [7, 11) is 0. The molecule has 1 aromatic heterocycles. The zero-order valence-electron chi connectivity index (χ0n) is 11.1. The number of aromatic nitrogens is 3. The second-order valence-electron chi connectivity index (χ2n) is 4.97. The van der Waals surface area contributed by atoms with E-state index in [1.807, 2.05) is 24.3 Å². The lowest BCUT2D eigenvalue weighted by Crippen LogP contribution is -2.24. The smallest absolute Gasteiger partial charge is 0.228 e. The number of anilines is 1. The van der Waals surface area contributed by atoms with Gasteiger partial charge in [-0.1, -0.05) is 12.1 Å². The van der Waals surface area contributed by atoms with Crippen molar-refractivity contribution in [2.45, 2.75) is 13.0 Å². The summed E-state index contributed by atoms with van der Waals surface area (Å²) in [4.78, 5) is 16.0. The monoisotopic (exact) mass is 271 g/mol. The third-order valence-corrected chi connectivity index (χ3v) is 3.44. The average Bonchev–Trinajstić information content (AvgIpc) is 3.12. The maximum Gasteiger partial charge on any atom is 0.228 e. The number of carbonyl (C=O) groups excluding carboxylic acids is 1. The molecule has 2 heterocycles. The van der Waals surface area contributed by atoms with Crippen molar-refractivity contribution < 1.29 is 4.79 Å². The quantitative estimate of drug-likeness (QED) is 0.865. The van der Waals surface area contributed by atoms with Crippen LogP contribution in [0, 0.1) is 5.92 Å². The first-order chi connectivity index (χ1) is 9.81. The standard InChI is InChI=1S/C14H17N5O/c20-14(12-4-5-15-7-12)18-13-3-1-2-11(6-13)8-19-10-16-9-17-19/h1-3,6,9-10,12,15H,4-5,7-8H2,(H,18,20). The molecule has 3 rings (SSSR count). The van der Waals surface area contributed by atoms with Crippen molar-refractivity contribution in [1.82, 2.24) is 20.1 Å². The van der Waals surface area contributed by atoms with E-state index in [9.17, 15) is 4.79 Å². The lowest BCUT2D eigenvalue weighted by molar-refractivity contribution is -0.119. The van der Waals surface area contributed by atoms with Gasteiger partial charge in [0.2, 0.25) is 5.91 Å². The van der Waals surface area contributed by atoms with E-state index in [2.05, 4.69) is 20.7 Å². The van der Waals surface area contributed by atoms with E-state index >= 15 is 0 Å². The van der Waals surface area contributed by atoms with Gasteiger partial charge in [-0.25, -0.2) is 9.67 Å². The van der Waals surface area contributed by atoms with Gasteiger partial charge < -0.3 is 10.6 Å². The van der Waals surface area contributed by atoms with Crippen LogP contribution >= 0.6 is 0 Å². The van der Waals surface area contributed by atoms with Crippen LogP contribution in [0.2, 0.25) is 0 Å². The van der Waals surface area contributed by atoms with Gasteiger partial charge in [-0.05, 0) is 30.7 Å². The SMILES string of the molecule is O=C(Nc1cccc(Cn2cncn2)c1)C1CCNC1. The Kier molecular flexibility index (Phi) is 3.73. The second kappa shape index (κ2) is 5.83. The van der Waals surface area contributed by atoms with Crippen molar-refractivity contribution in [3.8, 4) is 0 Å². The maximum atomic E-state index is 12.1. The van der Waals surface area contributed by atoms with Crippen LogP contribution in [-0.4, -0.2) is 33.8 Å². The molecule has 6 heteroatoms. The Morgan fingerprint density at radius 2 is 2.45 bits per heavy atom. The van der Waals surface area contributed by atoms with E-state index in [1.54, 1.807) is 11.0 Å². The molecule has 1 saturated heterocycles. The van der Waals surface area contributed by atoms with Crippen molar-refractivity contribution in [2.75, 3.05) is 18.4 Å². The summed E-state index contributed by atoms with van der Waals surface area (Å²) in [5, 5.41) is 10.3. The summed E-state index contributed by atoms with van der Waals surface area (Å²) in [5.74, 6) is 0.168. The number of rotatable bonds is 4.